The maximum atomic E-state index is 13.0. The number of hydrogen-bond donors (Lipinski definition) is 1. The van der Waals surface area contributed by atoms with E-state index in [0.29, 0.717) is 28.3 Å². The molecule has 0 aliphatic carbocycles. The molecule has 0 saturated heterocycles. The zero-order valence-electron chi connectivity index (χ0n) is 15.0. The number of anilines is 1. The number of nitrogens with zero attached hydrogens (tertiary/aromatic N) is 2. The molecule has 1 aromatic carbocycles. The van der Waals surface area contributed by atoms with E-state index < -0.39 is 22.7 Å². The van der Waals surface area contributed by atoms with Crippen molar-refractivity contribution in [2.45, 2.75) is 31.2 Å². The van der Waals surface area contributed by atoms with Crippen molar-refractivity contribution in [1.29, 1.82) is 0 Å². The summed E-state index contributed by atoms with van der Waals surface area (Å²) in [5.74, 6) is -0.636. The zero-order valence-corrected chi connectivity index (χ0v) is 17.4. The molecule has 5 nitrogen and oxygen atoms in total. The Morgan fingerprint density at radius 3 is 2.79 bits per heavy atom. The minimum Gasteiger partial charge on any atom is -0.325 e. The van der Waals surface area contributed by atoms with Gasteiger partial charge in [-0.3, -0.25) is 14.2 Å². The van der Waals surface area contributed by atoms with Crippen LogP contribution in [0.2, 0.25) is 5.02 Å². The van der Waals surface area contributed by atoms with E-state index in [-0.39, 0.29) is 17.0 Å². The Morgan fingerprint density at radius 2 is 2.10 bits per heavy atom. The Morgan fingerprint density at radius 1 is 1.34 bits per heavy atom. The number of thioether (sulfide) groups is 1. The van der Waals surface area contributed by atoms with Gasteiger partial charge in [-0.1, -0.05) is 30.3 Å². The number of carbonyl (C=O) groups excluding carboxylic acids is 1. The summed E-state index contributed by atoms with van der Waals surface area (Å²) in [5, 5.41) is 4.14. The quantitative estimate of drug-likeness (QED) is 0.401. The monoisotopic (exact) mass is 461 g/mol. The molecule has 2 aromatic heterocycles. The molecule has 2 heterocycles. The number of alkyl halides is 3. The Bertz CT molecular complexity index is 1110. The maximum Gasteiger partial charge on any atom is 0.417 e. The first-order chi connectivity index (χ1) is 13.7. The highest BCUT2D eigenvalue weighted by Gasteiger charge is 2.33. The molecule has 0 spiro atoms. The van der Waals surface area contributed by atoms with Gasteiger partial charge in [0.15, 0.2) is 5.16 Å². The summed E-state index contributed by atoms with van der Waals surface area (Å²) in [4.78, 5) is 29.3. The van der Waals surface area contributed by atoms with E-state index in [0.717, 1.165) is 23.9 Å². The smallest absolute Gasteiger partial charge is 0.325 e. The summed E-state index contributed by atoms with van der Waals surface area (Å²) < 4.78 is 40.9. The lowest BCUT2D eigenvalue weighted by Gasteiger charge is -2.13. The summed E-state index contributed by atoms with van der Waals surface area (Å²) in [5.41, 5.74) is -0.643. The molecule has 0 radical (unpaired) electrons. The number of carbonyl (C=O) groups is 1. The Labute approximate surface area is 176 Å². The third-order valence-electron chi connectivity index (χ3n) is 3.87. The molecule has 3 aromatic rings. The molecule has 29 heavy (non-hydrogen) atoms. The van der Waals surface area contributed by atoms with Crippen LogP contribution in [0.3, 0.4) is 0 Å². The fraction of sp³-hybridized carbons (Fsp3) is 0.278. The Balaban J connectivity index is 1.76. The van der Waals surface area contributed by atoms with E-state index in [1.807, 2.05) is 6.92 Å². The van der Waals surface area contributed by atoms with E-state index in [1.165, 1.54) is 22.0 Å². The van der Waals surface area contributed by atoms with Crippen molar-refractivity contribution in [3.63, 3.8) is 0 Å². The van der Waals surface area contributed by atoms with Crippen LogP contribution in [0.5, 0.6) is 0 Å². The van der Waals surface area contributed by atoms with E-state index in [1.54, 1.807) is 11.4 Å². The molecule has 0 atom stereocenters. The highest BCUT2D eigenvalue weighted by molar-refractivity contribution is 7.99. The molecule has 0 aliphatic heterocycles. The van der Waals surface area contributed by atoms with Gasteiger partial charge < -0.3 is 5.32 Å². The second-order valence-corrected chi connectivity index (χ2v) is 8.28. The molecule has 0 unspecified atom stereocenters. The Hall–Kier alpha value is -2.04. The highest BCUT2D eigenvalue weighted by Crippen LogP contribution is 2.36. The average molecular weight is 462 g/mol. The summed E-state index contributed by atoms with van der Waals surface area (Å²) in [6.45, 7) is 2.38. The number of rotatable bonds is 6. The fourth-order valence-corrected chi connectivity index (χ4v) is 4.43. The van der Waals surface area contributed by atoms with Crippen molar-refractivity contribution in [2.75, 3.05) is 11.1 Å². The molecule has 0 aliphatic rings. The predicted octanol–water partition coefficient (Wildman–Crippen LogP) is 5.27. The van der Waals surface area contributed by atoms with E-state index in [2.05, 4.69) is 10.3 Å². The standard InChI is InChI=1S/C18H15ClF3N3O2S2/c1-2-6-25-16(27)15-13(5-7-28-15)24-17(25)29-9-14(26)23-10-3-4-12(19)11(8-10)18(20,21)22/h3-5,7-8H,2,6,9H2,1H3,(H,23,26). The largest absolute Gasteiger partial charge is 0.417 e. The molecular weight excluding hydrogens is 447 g/mol. The topological polar surface area (TPSA) is 64.0 Å². The van der Waals surface area contributed by atoms with Crippen molar-refractivity contribution in [3.05, 3.63) is 50.6 Å². The predicted molar refractivity (Wildman–Crippen MR) is 110 cm³/mol. The van der Waals surface area contributed by atoms with Gasteiger partial charge in [0.25, 0.3) is 5.56 Å². The Kier molecular flexibility index (Phi) is 6.55. The highest BCUT2D eigenvalue weighted by atomic mass is 35.5. The lowest BCUT2D eigenvalue weighted by Crippen LogP contribution is -2.23. The van der Waals surface area contributed by atoms with Crippen molar-refractivity contribution in [1.82, 2.24) is 9.55 Å². The molecule has 0 bridgehead atoms. The number of amides is 1. The minimum absolute atomic E-state index is 0.0143. The summed E-state index contributed by atoms with van der Waals surface area (Å²) in [7, 11) is 0. The second kappa shape index (κ2) is 8.76. The van der Waals surface area contributed by atoms with Crippen LogP contribution in [0, 0.1) is 0 Å². The second-order valence-electron chi connectivity index (χ2n) is 6.02. The third-order valence-corrected chi connectivity index (χ3v) is 6.06. The molecule has 0 saturated carbocycles. The van der Waals surface area contributed by atoms with Gasteiger partial charge in [0.1, 0.15) is 4.70 Å². The fourth-order valence-electron chi connectivity index (χ4n) is 2.60. The third kappa shape index (κ3) is 4.93. The maximum absolute atomic E-state index is 13.0. The van der Waals surface area contributed by atoms with Crippen molar-refractivity contribution < 1.29 is 18.0 Å². The molecule has 11 heteroatoms. The van der Waals surface area contributed by atoms with E-state index in [4.69, 9.17) is 11.6 Å². The number of benzene rings is 1. The first-order valence-electron chi connectivity index (χ1n) is 8.48. The van der Waals surface area contributed by atoms with Crippen LogP contribution in [0.15, 0.2) is 39.6 Å². The van der Waals surface area contributed by atoms with E-state index >= 15 is 0 Å². The minimum atomic E-state index is -4.62. The molecular formula is C18H15ClF3N3O2S2. The van der Waals surface area contributed by atoms with Gasteiger partial charge in [0.2, 0.25) is 5.91 Å². The van der Waals surface area contributed by atoms with Crippen molar-refractivity contribution >= 4 is 56.5 Å². The molecule has 1 N–H and O–H groups in total. The van der Waals surface area contributed by atoms with Crippen LogP contribution in [0.25, 0.3) is 10.2 Å². The lowest BCUT2D eigenvalue weighted by molar-refractivity contribution is -0.137. The molecule has 0 fully saturated rings. The average Bonchev–Trinajstić information content (AvgIpc) is 3.12. The summed E-state index contributed by atoms with van der Waals surface area (Å²) >= 11 is 7.94. The summed E-state index contributed by atoms with van der Waals surface area (Å²) in [6, 6.07) is 4.89. The number of nitrogens with one attached hydrogen (secondary N) is 1. The van der Waals surface area contributed by atoms with Gasteiger partial charge in [0, 0.05) is 12.2 Å². The number of halogens is 4. The van der Waals surface area contributed by atoms with Gasteiger partial charge in [-0.25, -0.2) is 4.98 Å². The first kappa shape index (κ1) is 21.7. The van der Waals surface area contributed by atoms with Crippen molar-refractivity contribution in [3.8, 4) is 0 Å². The SMILES string of the molecule is CCCn1c(SCC(=O)Nc2ccc(Cl)c(C(F)(F)F)c2)nc2ccsc2c1=O. The van der Waals surface area contributed by atoms with E-state index in [9.17, 15) is 22.8 Å². The van der Waals surface area contributed by atoms with Gasteiger partial charge in [0.05, 0.1) is 21.9 Å². The van der Waals surface area contributed by atoms with Gasteiger partial charge in [-0.15, -0.1) is 11.3 Å². The van der Waals surface area contributed by atoms with Crippen molar-refractivity contribution in [2.24, 2.45) is 0 Å². The summed E-state index contributed by atoms with van der Waals surface area (Å²) in [6.07, 6.45) is -3.91. The molecule has 1 amide bonds. The van der Waals surface area contributed by atoms with Gasteiger partial charge >= 0.3 is 6.18 Å². The number of thiophene rings is 1. The van der Waals surface area contributed by atoms with Crippen LogP contribution >= 0.6 is 34.7 Å². The van der Waals surface area contributed by atoms with Crippen LogP contribution in [0.1, 0.15) is 18.9 Å². The number of fused-ring (bicyclic) bond motifs is 1. The van der Waals surface area contributed by atoms with Crippen LogP contribution < -0.4 is 10.9 Å². The van der Waals surface area contributed by atoms with Gasteiger partial charge in [-0.2, -0.15) is 13.2 Å². The lowest BCUT2D eigenvalue weighted by atomic mass is 10.2. The number of hydrogen-bond acceptors (Lipinski definition) is 5. The molecule has 3 rings (SSSR count). The normalized spacial score (nSPS) is 11.8. The van der Waals surface area contributed by atoms with Crippen LogP contribution in [-0.2, 0) is 17.5 Å². The number of aromatic nitrogens is 2. The van der Waals surface area contributed by atoms with Crippen LogP contribution in [0.4, 0.5) is 18.9 Å². The zero-order chi connectivity index (χ0) is 21.2. The molecule has 154 valence electrons. The van der Waals surface area contributed by atoms with Gasteiger partial charge in [-0.05, 0) is 36.1 Å². The first-order valence-corrected chi connectivity index (χ1v) is 10.7. The van der Waals surface area contributed by atoms with Crippen LogP contribution in [-0.4, -0.2) is 21.2 Å².